The molecule has 33 heavy (non-hydrogen) atoms. The van der Waals surface area contributed by atoms with Crippen LogP contribution in [0.1, 0.15) is 85.1 Å². The van der Waals surface area contributed by atoms with E-state index in [1.807, 2.05) is 19.1 Å². The van der Waals surface area contributed by atoms with Crippen molar-refractivity contribution in [1.29, 1.82) is 0 Å². The molecule has 0 bridgehead atoms. The molecule has 3 nitrogen and oxygen atoms in total. The van der Waals surface area contributed by atoms with Gasteiger partial charge >= 0.3 is 0 Å². The second kappa shape index (κ2) is 9.15. The lowest BCUT2D eigenvalue weighted by Gasteiger charge is -2.57. The number of hydrogen-bond donors (Lipinski definition) is 0. The summed E-state index contributed by atoms with van der Waals surface area (Å²) in [6, 6.07) is 6.95. The van der Waals surface area contributed by atoms with Crippen LogP contribution < -0.4 is 0 Å². The van der Waals surface area contributed by atoms with Crippen LogP contribution >= 0.6 is 0 Å². The van der Waals surface area contributed by atoms with Gasteiger partial charge in [0.1, 0.15) is 0 Å². The van der Waals surface area contributed by atoms with Gasteiger partial charge in [0.2, 0.25) is 0 Å². The summed E-state index contributed by atoms with van der Waals surface area (Å²) in [6.45, 7) is 14.2. The molecule has 4 rings (SSSR count). The number of fused-ring (bicyclic) bond motifs is 3. The van der Waals surface area contributed by atoms with E-state index in [1.54, 1.807) is 17.7 Å². The Hall–Kier alpha value is -1.13. The minimum Gasteiger partial charge on any atom is -0.266 e. The molecule has 3 aliphatic rings. The molecule has 0 heterocycles. The summed E-state index contributed by atoms with van der Waals surface area (Å²) < 4.78 is 31.1. The standard InChI is InChI=1S/C29H44O3S/c1-7-22-11-14-24-26-16-15-25(29(26,6)18-17-27(24)28(22,5)8-2)21(4)19-32-33(30,31)23-12-9-20(3)10-13-23/h9-13,21,24-27H,7-8,14-19H2,1-6H3/t21-,24?,25?,26?,27?,28+,29-/m1/s1. The minimum atomic E-state index is -3.71. The molecule has 4 unspecified atom stereocenters. The minimum absolute atomic E-state index is 0.236. The summed E-state index contributed by atoms with van der Waals surface area (Å²) in [5.41, 5.74) is 3.38. The van der Waals surface area contributed by atoms with Gasteiger partial charge in [-0.15, -0.1) is 0 Å². The maximum absolute atomic E-state index is 12.7. The van der Waals surface area contributed by atoms with Crippen molar-refractivity contribution in [3.05, 3.63) is 41.5 Å². The highest BCUT2D eigenvalue weighted by atomic mass is 32.2. The molecule has 0 aromatic heterocycles. The van der Waals surface area contributed by atoms with Gasteiger partial charge in [0.05, 0.1) is 11.5 Å². The average molecular weight is 473 g/mol. The molecule has 1 aromatic rings. The summed E-state index contributed by atoms with van der Waals surface area (Å²) in [5, 5.41) is 0. The molecule has 0 radical (unpaired) electrons. The molecule has 4 heteroatoms. The van der Waals surface area contributed by atoms with Crippen molar-refractivity contribution in [1.82, 2.24) is 0 Å². The predicted molar refractivity (Wildman–Crippen MR) is 135 cm³/mol. The van der Waals surface area contributed by atoms with Crippen molar-refractivity contribution in [3.8, 4) is 0 Å². The summed E-state index contributed by atoms with van der Waals surface area (Å²) in [6.07, 6.45) is 11.3. The van der Waals surface area contributed by atoms with Crippen LogP contribution in [0.4, 0.5) is 0 Å². The van der Waals surface area contributed by atoms with Crippen molar-refractivity contribution in [2.24, 2.45) is 40.4 Å². The first-order chi connectivity index (χ1) is 15.6. The normalized spacial score (nSPS) is 37.2. The maximum Gasteiger partial charge on any atom is 0.296 e. The molecule has 0 spiro atoms. The lowest BCUT2D eigenvalue weighted by Crippen LogP contribution is -2.49. The van der Waals surface area contributed by atoms with Crippen molar-refractivity contribution >= 4 is 10.1 Å². The SMILES string of the molecule is CCC1=CCC2C3CCC([C@H](C)COS(=O)(=O)c4ccc(C)cc4)[C@@]3(C)CCC2[C@@]1(C)CC. The van der Waals surface area contributed by atoms with Crippen LogP contribution in [0.5, 0.6) is 0 Å². The number of aryl methyl sites for hydroxylation is 1. The number of rotatable bonds is 7. The van der Waals surface area contributed by atoms with E-state index in [4.69, 9.17) is 4.18 Å². The first-order valence-electron chi connectivity index (χ1n) is 13.2. The number of hydrogen-bond acceptors (Lipinski definition) is 3. The highest BCUT2D eigenvalue weighted by Gasteiger charge is 2.58. The molecule has 2 saturated carbocycles. The molecule has 1 aromatic carbocycles. The summed E-state index contributed by atoms with van der Waals surface area (Å²) in [4.78, 5) is 0.260. The van der Waals surface area contributed by atoms with E-state index < -0.39 is 10.1 Å². The van der Waals surface area contributed by atoms with E-state index in [0.717, 1.165) is 23.3 Å². The quantitative estimate of drug-likeness (QED) is 0.304. The second-order valence-corrected chi connectivity index (χ2v) is 13.3. The molecule has 7 atom stereocenters. The third-order valence-corrected chi connectivity index (χ3v) is 11.6. The number of benzene rings is 1. The molecule has 0 aliphatic heterocycles. The van der Waals surface area contributed by atoms with E-state index in [2.05, 4.69) is 40.7 Å². The Labute approximate surface area is 202 Å². The van der Waals surface area contributed by atoms with Crippen LogP contribution in [-0.4, -0.2) is 15.0 Å². The zero-order valence-corrected chi connectivity index (χ0v) is 22.4. The van der Waals surface area contributed by atoms with Crippen molar-refractivity contribution < 1.29 is 12.6 Å². The monoisotopic (exact) mass is 472 g/mol. The van der Waals surface area contributed by atoms with Crippen LogP contribution in [0.25, 0.3) is 0 Å². The van der Waals surface area contributed by atoms with Crippen LogP contribution in [0.15, 0.2) is 40.8 Å². The molecule has 0 amide bonds. The van der Waals surface area contributed by atoms with Gasteiger partial charge in [0.25, 0.3) is 10.1 Å². The molecule has 184 valence electrons. The van der Waals surface area contributed by atoms with E-state index in [1.165, 1.54) is 44.9 Å². The maximum atomic E-state index is 12.7. The van der Waals surface area contributed by atoms with E-state index in [-0.39, 0.29) is 17.4 Å². The number of allylic oxidation sites excluding steroid dienone is 2. The Morgan fingerprint density at radius 2 is 1.76 bits per heavy atom. The zero-order valence-electron chi connectivity index (χ0n) is 21.6. The summed E-state index contributed by atoms with van der Waals surface area (Å²) >= 11 is 0. The largest absolute Gasteiger partial charge is 0.296 e. The molecule has 0 saturated heterocycles. The van der Waals surface area contributed by atoms with Crippen LogP contribution in [0, 0.1) is 47.3 Å². The Kier molecular flexibility index (Phi) is 6.92. The molecule has 3 aliphatic carbocycles. The Morgan fingerprint density at radius 3 is 2.39 bits per heavy atom. The van der Waals surface area contributed by atoms with Crippen molar-refractivity contribution in [2.75, 3.05) is 6.61 Å². The molecular formula is C29H44O3S. The molecule has 2 fully saturated rings. The first-order valence-corrected chi connectivity index (χ1v) is 14.6. The Morgan fingerprint density at radius 1 is 1.06 bits per heavy atom. The fourth-order valence-electron chi connectivity index (χ4n) is 8.26. The summed E-state index contributed by atoms with van der Waals surface area (Å²) in [7, 11) is -3.71. The molecule has 0 N–H and O–H groups in total. The fraction of sp³-hybridized carbons (Fsp3) is 0.724. The predicted octanol–water partition coefficient (Wildman–Crippen LogP) is 7.55. The van der Waals surface area contributed by atoms with Crippen LogP contribution in [0.2, 0.25) is 0 Å². The van der Waals surface area contributed by atoms with Crippen LogP contribution in [0.3, 0.4) is 0 Å². The van der Waals surface area contributed by atoms with Gasteiger partial charge < -0.3 is 0 Å². The average Bonchev–Trinajstić information content (AvgIpc) is 3.15. The van der Waals surface area contributed by atoms with Crippen molar-refractivity contribution in [2.45, 2.75) is 91.4 Å². The third kappa shape index (κ3) is 4.24. The fourth-order valence-corrected chi connectivity index (χ4v) is 9.25. The Balaban J connectivity index is 1.48. The highest BCUT2D eigenvalue weighted by Crippen LogP contribution is 2.66. The van der Waals surface area contributed by atoms with Crippen molar-refractivity contribution in [3.63, 3.8) is 0 Å². The van der Waals surface area contributed by atoms with Gasteiger partial charge in [-0.2, -0.15) is 8.42 Å². The van der Waals surface area contributed by atoms with Gasteiger partial charge in [-0.05, 0) is 104 Å². The van der Waals surface area contributed by atoms with E-state index in [0.29, 0.717) is 16.7 Å². The van der Waals surface area contributed by atoms with E-state index in [9.17, 15) is 8.42 Å². The van der Waals surface area contributed by atoms with Gasteiger partial charge in [-0.3, -0.25) is 4.18 Å². The van der Waals surface area contributed by atoms with Crippen LogP contribution in [-0.2, 0) is 14.3 Å². The third-order valence-electron chi connectivity index (χ3n) is 10.3. The zero-order chi connectivity index (χ0) is 24.0. The lowest BCUT2D eigenvalue weighted by molar-refractivity contribution is -0.0476. The first kappa shape index (κ1) is 25.0. The lowest BCUT2D eigenvalue weighted by atomic mass is 9.48. The van der Waals surface area contributed by atoms with Gasteiger partial charge in [0, 0.05) is 0 Å². The topological polar surface area (TPSA) is 43.4 Å². The Bertz CT molecular complexity index is 979. The smallest absolute Gasteiger partial charge is 0.266 e. The molecular weight excluding hydrogens is 428 g/mol. The van der Waals surface area contributed by atoms with Gasteiger partial charge in [0.15, 0.2) is 0 Å². The summed E-state index contributed by atoms with van der Waals surface area (Å²) in [5.74, 6) is 3.09. The van der Waals surface area contributed by atoms with Gasteiger partial charge in [-0.25, -0.2) is 0 Å². The van der Waals surface area contributed by atoms with Gasteiger partial charge in [-0.1, -0.05) is 64.0 Å². The van der Waals surface area contributed by atoms with E-state index >= 15 is 0 Å². The highest BCUT2D eigenvalue weighted by molar-refractivity contribution is 7.86. The second-order valence-electron chi connectivity index (χ2n) is 11.7.